The van der Waals surface area contributed by atoms with Crippen molar-refractivity contribution in [3.8, 4) is 28.0 Å². The van der Waals surface area contributed by atoms with Crippen LogP contribution in [0, 0.1) is 0 Å². The zero-order valence-corrected chi connectivity index (χ0v) is 14.0. The second kappa shape index (κ2) is 5.78. The lowest BCUT2D eigenvalue weighted by Crippen LogP contribution is -1.82. The highest BCUT2D eigenvalue weighted by Gasteiger charge is 2.12. The molecular formula is C24H16O2. The molecule has 1 aromatic heterocycles. The maximum atomic E-state index is 10.5. The van der Waals surface area contributed by atoms with Crippen molar-refractivity contribution in [1.82, 2.24) is 0 Å². The maximum Gasteiger partial charge on any atom is 0.139 e. The molecule has 0 saturated heterocycles. The van der Waals surface area contributed by atoms with E-state index in [1.54, 1.807) is 6.07 Å². The summed E-state index contributed by atoms with van der Waals surface area (Å²) in [6.07, 6.45) is 0. The molecule has 0 fully saturated rings. The van der Waals surface area contributed by atoms with Crippen molar-refractivity contribution in [3.05, 3.63) is 91.0 Å². The number of phenols is 1. The highest BCUT2D eigenvalue weighted by atomic mass is 16.3. The lowest BCUT2D eigenvalue weighted by atomic mass is 9.98. The van der Waals surface area contributed by atoms with E-state index in [1.165, 1.54) is 5.56 Å². The molecule has 0 unspecified atom stereocenters. The Hall–Kier alpha value is -3.52. The summed E-state index contributed by atoms with van der Waals surface area (Å²) < 4.78 is 5.84. The zero-order chi connectivity index (χ0) is 17.5. The topological polar surface area (TPSA) is 33.4 Å². The summed E-state index contributed by atoms with van der Waals surface area (Å²) in [6.45, 7) is 0. The molecule has 0 aliphatic heterocycles. The Bertz CT molecular complexity index is 1220. The fourth-order valence-electron chi connectivity index (χ4n) is 3.46. The van der Waals surface area contributed by atoms with Gasteiger partial charge in [0, 0.05) is 22.4 Å². The number of benzene rings is 4. The van der Waals surface area contributed by atoms with Gasteiger partial charge in [-0.3, -0.25) is 0 Å². The summed E-state index contributed by atoms with van der Waals surface area (Å²) in [6, 6.07) is 30.2. The van der Waals surface area contributed by atoms with Crippen LogP contribution in [0.15, 0.2) is 95.4 Å². The predicted octanol–water partition coefficient (Wildman–Crippen LogP) is 6.63. The van der Waals surface area contributed by atoms with E-state index in [-0.39, 0.29) is 5.75 Å². The van der Waals surface area contributed by atoms with Crippen LogP contribution in [-0.4, -0.2) is 5.11 Å². The van der Waals surface area contributed by atoms with E-state index in [9.17, 15) is 5.11 Å². The van der Waals surface area contributed by atoms with E-state index in [4.69, 9.17) is 4.42 Å². The van der Waals surface area contributed by atoms with Gasteiger partial charge in [0.1, 0.15) is 16.9 Å². The molecule has 1 heterocycles. The third-order valence-electron chi connectivity index (χ3n) is 4.80. The highest BCUT2D eigenvalue weighted by molar-refractivity contribution is 6.07. The summed E-state index contributed by atoms with van der Waals surface area (Å²) in [4.78, 5) is 0. The number of fused-ring (bicyclic) bond motifs is 3. The second-order valence-electron chi connectivity index (χ2n) is 6.41. The molecule has 5 rings (SSSR count). The number of rotatable bonds is 2. The van der Waals surface area contributed by atoms with Gasteiger partial charge in [-0.2, -0.15) is 0 Å². The van der Waals surface area contributed by atoms with Crippen LogP contribution in [-0.2, 0) is 0 Å². The molecule has 26 heavy (non-hydrogen) atoms. The molecule has 0 aliphatic carbocycles. The molecule has 0 radical (unpaired) electrons. The van der Waals surface area contributed by atoms with Gasteiger partial charge in [0.25, 0.3) is 0 Å². The summed E-state index contributed by atoms with van der Waals surface area (Å²) in [7, 11) is 0. The number of para-hydroxylation sites is 1. The first-order valence-electron chi connectivity index (χ1n) is 8.60. The summed E-state index contributed by atoms with van der Waals surface area (Å²) in [5.41, 5.74) is 5.66. The highest BCUT2D eigenvalue weighted by Crippen LogP contribution is 2.38. The van der Waals surface area contributed by atoms with Crippen LogP contribution in [0.5, 0.6) is 5.75 Å². The van der Waals surface area contributed by atoms with E-state index in [0.29, 0.717) is 5.58 Å². The van der Waals surface area contributed by atoms with Crippen LogP contribution in [0.3, 0.4) is 0 Å². The lowest BCUT2D eigenvalue weighted by molar-refractivity contribution is 0.477. The number of aromatic hydroxyl groups is 1. The Morgan fingerprint density at radius 3 is 2.00 bits per heavy atom. The van der Waals surface area contributed by atoms with Gasteiger partial charge in [0.15, 0.2) is 0 Å². The molecule has 0 bridgehead atoms. The zero-order valence-electron chi connectivity index (χ0n) is 14.0. The Labute approximate surface area is 150 Å². The van der Waals surface area contributed by atoms with Crippen molar-refractivity contribution in [1.29, 1.82) is 0 Å². The van der Waals surface area contributed by atoms with Crippen molar-refractivity contribution in [3.63, 3.8) is 0 Å². The first-order valence-corrected chi connectivity index (χ1v) is 8.60. The van der Waals surface area contributed by atoms with Crippen LogP contribution in [0.1, 0.15) is 0 Å². The maximum absolute atomic E-state index is 10.5. The second-order valence-corrected chi connectivity index (χ2v) is 6.41. The van der Waals surface area contributed by atoms with Gasteiger partial charge in [0.2, 0.25) is 0 Å². The van der Waals surface area contributed by atoms with Crippen molar-refractivity contribution in [2.75, 3.05) is 0 Å². The van der Waals surface area contributed by atoms with Crippen LogP contribution in [0.2, 0.25) is 0 Å². The summed E-state index contributed by atoms with van der Waals surface area (Å²) in [5.74, 6) is 0.226. The van der Waals surface area contributed by atoms with Crippen LogP contribution in [0.25, 0.3) is 44.2 Å². The van der Waals surface area contributed by atoms with E-state index in [2.05, 4.69) is 24.3 Å². The SMILES string of the molecule is Oc1cc2oc3ccccc3c2cc1-c1ccc(-c2ccccc2)cc1. The number of hydrogen-bond acceptors (Lipinski definition) is 2. The Morgan fingerprint density at radius 1 is 0.538 bits per heavy atom. The van der Waals surface area contributed by atoms with E-state index >= 15 is 0 Å². The molecule has 2 heteroatoms. The molecule has 1 N–H and O–H groups in total. The first-order chi connectivity index (χ1) is 12.8. The molecular weight excluding hydrogens is 320 g/mol. The van der Waals surface area contributed by atoms with Crippen LogP contribution < -0.4 is 0 Å². The average Bonchev–Trinajstić information content (AvgIpc) is 3.05. The monoisotopic (exact) mass is 336 g/mol. The van der Waals surface area contributed by atoms with Crippen molar-refractivity contribution in [2.45, 2.75) is 0 Å². The minimum Gasteiger partial charge on any atom is -0.507 e. The van der Waals surface area contributed by atoms with E-state index in [1.807, 2.05) is 60.7 Å². The minimum absolute atomic E-state index is 0.226. The van der Waals surface area contributed by atoms with Crippen molar-refractivity contribution >= 4 is 21.9 Å². The van der Waals surface area contributed by atoms with Gasteiger partial charge in [-0.1, -0.05) is 72.8 Å². The van der Waals surface area contributed by atoms with Crippen LogP contribution in [0.4, 0.5) is 0 Å². The third-order valence-corrected chi connectivity index (χ3v) is 4.80. The quantitative estimate of drug-likeness (QED) is 0.393. The summed E-state index contributed by atoms with van der Waals surface area (Å²) >= 11 is 0. The van der Waals surface area contributed by atoms with Gasteiger partial charge in [0.05, 0.1) is 0 Å². The van der Waals surface area contributed by atoms with E-state index in [0.717, 1.165) is 33.0 Å². The fourth-order valence-corrected chi connectivity index (χ4v) is 3.46. The molecule has 0 saturated carbocycles. The fraction of sp³-hybridized carbons (Fsp3) is 0. The molecule has 0 amide bonds. The number of hydrogen-bond donors (Lipinski definition) is 1. The van der Waals surface area contributed by atoms with Crippen molar-refractivity contribution < 1.29 is 9.52 Å². The number of phenolic OH excluding ortho intramolecular Hbond substituents is 1. The van der Waals surface area contributed by atoms with Crippen molar-refractivity contribution in [2.24, 2.45) is 0 Å². The lowest BCUT2D eigenvalue weighted by Gasteiger charge is -2.07. The molecule has 5 aromatic rings. The van der Waals surface area contributed by atoms with E-state index < -0.39 is 0 Å². The number of furan rings is 1. The Balaban J connectivity index is 1.64. The largest absolute Gasteiger partial charge is 0.507 e. The predicted molar refractivity (Wildman–Crippen MR) is 106 cm³/mol. The Kier molecular flexibility index (Phi) is 3.29. The molecule has 124 valence electrons. The third kappa shape index (κ3) is 2.35. The van der Waals surface area contributed by atoms with Gasteiger partial charge in [-0.25, -0.2) is 0 Å². The normalized spacial score (nSPS) is 11.2. The van der Waals surface area contributed by atoms with Gasteiger partial charge in [-0.15, -0.1) is 0 Å². The van der Waals surface area contributed by atoms with Gasteiger partial charge < -0.3 is 9.52 Å². The van der Waals surface area contributed by atoms with Crippen LogP contribution >= 0.6 is 0 Å². The minimum atomic E-state index is 0.226. The molecule has 0 spiro atoms. The van der Waals surface area contributed by atoms with Gasteiger partial charge in [-0.05, 0) is 28.8 Å². The summed E-state index contributed by atoms with van der Waals surface area (Å²) in [5, 5.41) is 12.6. The first kappa shape index (κ1) is 14.8. The standard InChI is InChI=1S/C24H16O2/c25-22-15-24-21(19-8-4-5-9-23(19)26-24)14-20(22)18-12-10-17(11-13-18)16-6-2-1-3-7-16/h1-15,25H. The molecule has 4 aromatic carbocycles. The molecule has 0 atom stereocenters. The molecule has 2 nitrogen and oxygen atoms in total. The average molecular weight is 336 g/mol. The Morgan fingerprint density at radius 2 is 1.19 bits per heavy atom. The van der Waals surface area contributed by atoms with Gasteiger partial charge >= 0.3 is 0 Å². The molecule has 0 aliphatic rings. The smallest absolute Gasteiger partial charge is 0.139 e.